The number of nitrogens with one attached hydrogen (secondary N) is 4. The van der Waals surface area contributed by atoms with Gasteiger partial charge in [-0.1, -0.05) is 12.8 Å². The van der Waals surface area contributed by atoms with Gasteiger partial charge < -0.3 is 21.3 Å². The van der Waals surface area contributed by atoms with Gasteiger partial charge in [0.2, 0.25) is 0 Å². The molecule has 4 amide bonds. The van der Waals surface area contributed by atoms with E-state index in [-0.39, 0.29) is 37.7 Å². The maximum atomic E-state index is 13.4. The molecule has 0 aliphatic carbocycles. The van der Waals surface area contributed by atoms with Gasteiger partial charge in [0.25, 0.3) is 0 Å². The van der Waals surface area contributed by atoms with E-state index in [4.69, 9.17) is 0 Å². The molecule has 0 radical (unpaired) electrons. The second-order valence-corrected chi connectivity index (χ2v) is 12.7. The summed E-state index contributed by atoms with van der Waals surface area (Å²) in [4.78, 5) is 23.3. The predicted octanol–water partition coefficient (Wildman–Crippen LogP) is 8.33. The SMILES string of the molecule is O=C(NCCCCCCNC(=O)NCCSCCC(F)(F)C(F)(F)C(F)(F)C(F)(F)F)NCCSCCC(F)(F)C(F)(F)C(F)(F)C(F)(F)F. The lowest BCUT2D eigenvalue weighted by atomic mass is 10.0. The number of unbranched alkanes of at least 4 members (excludes halogenated alkanes) is 3. The molecule has 0 aliphatic rings. The van der Waals surface area contributed by atoms with E-state index in [1.807, 2.05) is 0 Å². The van der Waals surface area contributed by atoms with E-state index in [0.29, 0.717) is 49.2 Å². The van der Waals surface area contributed by atoms with E-state index in [9.17, 15) is 88.6 Å². The first kappa shape index (κ1) is 48.0. The van der Waals surface area contributed by atoms with Crippen molar-refractivity contribution in [1.29, 1.82) is 0 Å². The van der Waals surface area contributed by atoms with Crippen LogP contribution >= 0.6 is 23.5 Å². The van der Waals surface area contributed by atoms with Crippen molar-refractivity contribution in [2.45, 2.75) is 86.4 Å². The number of halogens is 18. The Hall–Kier alpha value is -2.02. The monoisotopic (exact) mass is 814 g/mol. The number of carbonyl (C=O) groups is 2. The first-order valence-electron chi connectivity index (χ1n) is 14.1. The van der Waals surface area contributed by atoms with Crippen LogP contribution < -0.4 is 21.3 Å². The van der Waals surface area contributed by atoms with Gasteiger partial charge in [0.05, 0.1) is 0 Å². The van der Waals surface area contributed by atoms with Crippen LogP contribution in [-0.2, 0) is 0 Å². The molecule has 26 heteroatoms. The van der Waals surface area contributed by atoms with Crippen LogP contribution in [0.4, 0.5) is 88.6 Å². The Labute approximate surface area is 281 Å². The summed E-state index contributed by atoms with van der Waals surface area (Å²) in [5, 5.41) is 9.37. The Morgan fingerprint density at radius 3 is 0.940 bits per heavy atom. The molecule has 0 rings (SSSR count). The maximum Gasteiger partial charge on any atom is 0.460 e. The van der Waals surface area contributed by atoms with Gasteiger partial charge in [0, 0.05) is 50.5 Å². The Morgan fingerprint density at radius 1 is 0.380 bits per heavy atom. The van der Waals surface area contributed by atoms with Crippen LogP contribution in [0.25, 0.3) is 0 Å². The second-order valence-electron chi connectivity index (χ2n) is 10.2. The minimum Gasteiger partial charge on any atom is -0.338 e. The largest absolute Gasteiger partial charge is 0.460 e. The quantitative estimate of drug-likeness (QED) is 0.0618. The molecular formula is C24H32F18N4O2S2. The lowest BCUT2D eigenvalue weighted by Gasteiger charge is -2.33. The summed E-state index contributed by atoms with van der Waals surface area (Å²) in [5.41, 5.74) is 0. The van der Waals surface area contributed by atoms with Gasteiger partial charge in [0.1, 0.15) is 0 Å². The summed E-state index contributed by atoms with van der Waals surface area (Å²) in [7, 11) is 0. The summed E-state index contributed by atoms with van der Waals surface area (Å²) in [6.45, 7) is -0.0577. The van der Waals surface area contributed by atoms with Crippen molar-refractivity contribution < 1.29 is 88.6 Å². The van der Waals surface area contributed by atoms with Gasteiger partial charge in [-0.05, 0) is 24.3 Å². The fraction of sp³-hybridized carbons (Fsp3) is 0.917. The topological polar surface area (TPSA) is 82.3 Å². The van der Waals surface area contributed by atoms with Crippen LogP contribution in [-0.4, -0.2) is 109 Å². The zero-order chi connectivity index (χ0) is 39.3. The third-order valence-electron chi connectivity index (χ3n) is 6.28. The summed E-state index contributed by atoms with van der Waals surface area (Å²) < 4.78 is 230. The first-order valence-corrected chi connectivity index (χ1v) is 16.4. The van der Waals surface area contributed by atoms with Gasteiger partial charge in [-0.2, -0.15) is 103 Å². The zero-order valence-electron chi connectivity index (χ0n) is 25.3. The van der Waals surface area contributed by atoms with E-state index in [0.717, 1.165) is 0 Å². The van der Waals surface area contributed by atoms with E-state index in [2.05, 4.69) is 21.3 Å². The molecule has 0 heterocycles. The Balaban J connectivity index is 3.96. The highest BCUT2D eigenvalue weighted by Gasteiger charge is 2.82. The van der Waals surface area contributed by atoms with E-state index >= 15 is 0 Å². The maximum absolute atomic E-state index is 13.4. The first-order chi connectivity index (χ1) is 22.5. The average Bonchev–Trinajstić information content (AvgIpc) is 2.96. The van der Waals surface area contributed by atoms with Crippen LogP contribution in [0.15, 0.2) is 0 Å². The number of amides is 4. The molecule has 50 heavy (non-hydrogen) atoms. The number of carbonyl (C=O) groups excluding carboxylic acids is 2. The fourth-order valence-electron chi connectivity index (χ4n) is 3.34. The summed E-state index contributed by atoms with van der Waals surface area (Å²) >= 11 is 0.986. The van der Waals surface area contributed by atoms with Crippen molar-refractivity contribution in [1.82, 2.24) is 21.3 Å². The highest BCUT2D eigenvalue weighted by atomic mass is 32.2. The highest BCUT2D eigenvalue weighted by molar-refractivity contribution is 7.99. The Bertz CT molecular complexity index is 966. The molecule has 6 nitrogen and oxygen atoms in total. The number of alkyl halides is 18. The van der Waals surface area contributed by atoms with Crippen molar-refractivity contribution in [3.05, 3.63) is 0 Å². The van der Waals surface area contributed by atoms with E-state index in [1.165, 1.54) is 0 Å². The molecule has 0 unspecified atom stereocenters. The smallest absolute Gasteiger partial charge is 0.338 e. The summed E-state index contributed by atoms with van der Waals surface area (Å²) in [6.07, 6.45) is -15.7. The van der Waals surface area contributed by atoms with Crippen molar-refractivity contribution in [3.63, 3.8) is 0 Å². The van der Waals surface area contributed by atoms with Crippen molar-refractivity contribution in [2.24, 2.45) is 0 Å². The van der Waals surface area contributed by atoms with Crippen molar-refractivity contribution >= 4 is 35.6 Å². The summed E-state index contributed by atoms with van der Waals surface area (Å²) in [5.74, 6) is -40.8. The van der Waals surface area contributed by atoms with Crippen LogP contribution in [0.3, 0.4) is 0 Å². The third-order valence-corrected chi connectivity index (χ3v) is 8.25. The molecule has 0 saturated carbocycles. The number of hydrogen-bond donors (Lipinski definition) is 4. The van der Waals surface area contributed by atoms with Crippen LogP contribution in [0.1, 0.15) is 38.5 Å². The molecular weight excluding hydrogens is 782 g/mol. The number of hydrogen-bond acceptors (Lipinski definition) is 4. The van der Waals surface area contributed by atoms with Gasteiger partial charge >= 0.3 is 60.0 Å². The lowest BCUT2D eigenvalue weighted by Crippen LogP contribution is -2.60. The molecule has 0 aromatic carbocycles. The van der Waals surface area contributed by atoms with Crippen LogP contribution in [0, 0.1) is 0 Å². The van der Waals surface area contributed by atoms with Gasteiger partial charge in [-0.25, -0.2) is 9.59 Å². The van der Waals surface area contributed by atoms with Crippen LogP contribution in [0.5, 0.6) is 0 Å². The average molecular weight is 815 g/mol. The van der Waals surface area contributed by atoms with Gasteiger partial charge in [-0.3, -0.25) is 0 Å². The Morgan fingerprint density at radius 2 is 0.660 bits per heavy atom. The molecule has 0 saturated heterocycles. The molecule has 298 valence electrons. The van der Waals surface area contributed by atoms with Crippen molar-refractivity contribution in [2.75, 3.05) is 49.2 Å². The molecule has 0 spiro atoms. The minimum absolute atomic E-state index is 0.160. The molecule has 0 aromatic heterocycles. The lowest BCUT2D eigenvalue weighted by molar-refractivity contribution is -0.396. The normalized spacial score (nSPS) is 14.0. The molecule has 0 aromatic rings. The predicted molar refractivity (Wildman–Crippen MR) is 147 cm³/mol. The standard InChI is InChI=1S/C24H32F18N4O2S2/c25-17(26,19(29,30)21(33,34)23(37,38)39)5-11-49-13-9-45-15(47)43-7-3-1-2-4-8-44-16(48)46-10-14-50-12-6-18(27,28)20(31,32)22(35,36)24(40,41)42/h1-14H2,(H2,43,45,47)(H2,44,46,48). The Kier molecular flexibility index (Phi) is 18.4. The molecule has 0 bridgehead atoms. The van der Waals surface area contributed by atoms with Gasteiger partial charge in [-0.15, -0.1) is 0 Å². The zero-order valence-corrected chi connectivity index (χ0v) is 27.0. The number of urea groups is 2. The van der Waals surface area contributed by atoms with E-state index in [1.54, 1.807) is 0 Å². The minimum atomic E-state index is -6.95. The van der Waals surface area contributed by atoms with Crippen molar-refractivity contribution in [3.8, 4) is 0 Å². The number of rotatable bonds is 23. The molecule has 4 N–H and O–H groups in total. The van der Waals surface area contributed by atoms with Gasteiger partial charge in [0.15, 0.2) is 0 Å². The fourth-order valence-corrected chi connectivity index (χ4v) is 5.04. The number of thioether (sulfide) groups is 2. The molecule has 0 fully saturated rings. The summed E-state index contributed by atoms with van der Waals surface area (Å²) in [6, 6.07) is -1.42. The molecule has 0 atom stereocenters. The second kappa shape index (κ2) is 19.2. The van der Waals surface area contributed by atoms with Crippen LogP contribution in [0.2, 0.25) is 0 Å². The third kappa shape index (κ3) is 13.5. The highest BCUT2D eigenvalue weighted by Crippen LogP contribution is 2.55. The van der Waals surface area contributed by atoms with E-state index < -0.39 is 84.3 Å². The molecule has 0 aliphatic heterocycles.